The molecule has 174 valence electrons. The first-order chi connectivity index (χ1) is 16.1. The second-order valence-corrected chi connectivity index (χ2v) is 9.43. The number of rotatable bonds is 4. The van der Waals surface area contributed by atoms with Gasteiger partial charge in [0.05, 0.1) is 5.92 Å². The van der Waals surface area contributed by atoms with Crippen LogP contribution >= 0.6 is 0 Å². The second kappa shape index (κ2) is 9.43. The van der Waals surface area contributed by atoms with Gasteiger partial charge >= 0.3 is 0 Å². The topological polar surface area (TPSA) is 81.9 Å². The molecule has 3 N–H and O–H groups in total. The molecule has 2 aromatic rings. The lowest BCUT2D eigenvalue weighted by atomic mass is 9.90. The van der Waals surface area contributed by atoms with E-state index in [9.17, 15) is 9.59 Å². The summed E-state index contributed by atoms with van der Waals surface area (Å²) in [4.78, 5) is 31.1. The Morgan fingerprint density at radius 1 is 0.727 bits per heavy atom. The summed E-state index contributed by atoms with van der Waals surface area (Å²) in [6, 6.07) is 17.2. The Bertz CT molecular complexity index is 975. The van der Waals surface area contributed by atoms with Crippen molar-refractivity contribution in [1.29, 1.82) is 0 Å². The number of nitrogens with two attached hydrogens (primary N) is 1. The van der Waals surface area contributed by atoms with Crippen LogP contribution in [-0.2, 0) is 9.59 Å². The van der Waals surface area contributed by atoms with E-state index >= 15 is 0 Å². The van der Waals surface area contributed by atoms with Crippen LogP contribution in [0.2, 0.25) is 0 Å². The molecule has 3 fully saturated rings. The number of benzene rings is 2. The van der Waals surface area contributed by atoms with E-state index in [0.717, 1.165) is 50.5 Å². The van der Waals surface area contributed by atoms with Crippen molar-refractivity contribution in [2.75, 3.05) is 54.8 Å². The Hall–Kier alpha value is -3.06. The molecule has 0 spiro atoms. The van der Waals surface area contributed by atoms with Gasteiger partial charge in [0, 0.05) is 68.8 Å². The van der Waals surface area contributed by atoms with Crippen molar-refractivity contribution >= 4 is 28.9 Å². The van der Waals surface area contributed by atoms with Gasteiger partial charge in [-0.1, -0.05) is 12.1 Å². The summed E-state index contributed by atoms with van der Waals surface area (Å²) in [5.41, 5.74) is 10.1. The number of amides is 2. The summed E-state index contributed by atoms with van der Waals surface area (Å²) in [6.07, 6.45) is 3.37. The van der Waals surface area contributed by atoms with Crippen LogP contribution in [-0.4, -0.2) is 62.0 Å². The quantitative estimate of drug-likeness (QED) is 0.554. The highest BCUT2D eigenvalue weighted by molar-refractivity contribution is 6.00. The SMILES string of the molecule is Nc1ccc(N2CCN(C3CCN(c4ccc(C5CCC(=O)NC5=O)cc4)CC3)CC2)cc1. The molecule has 0 aliphatic carbocycles. The van der Waals surface area contributed by atoms with E-state index in [1.54, 1.807) is 0 Å². The number of nitrogen functional groups attached to an aromatic ring is 1. The lowest BCUT2D eigenvalue weighted by molar-refractivity contribution is -0.134. The Morgan fingerprint density at radius 3 is 1.91 bits per heavy atom. The number of nitrogens with one attached hydrogen (secondary N) is 1. The fourth-order valence-corrected chi connectivity index (χ4v) is 5.45. The Kier molecular flexibility index (Phi) is 6.22. The van der Waals surface area contributed by atoms with Crippen LogP contribution in [0.3, 0.4) is 0 Å². The fraction of sp³-hybridized carbons (Fsp3) is 0.462. The third-order valence-corrected chi connectivity index (χ3v) is 7.45. The smallest absolute Gasteiger partial charge is 0.234 e. The van der Waals surface area contributed by atoms with Gasteiger partial charge in [-0.25, -0.2) is 0 Å². The summed E-state index contributed by atoms with van der Waals surface area (Å²) in [5, 5.41) is 2.46. The van der Waals surface area contributed by atoms with Gasteiger partial charge < -0.3 is 15.5 Å². The minimum Gasteiger partial charge on any atom is -0.399 e. The van der Waals surface area contributed by atoms with Crippen LogP contribution in [0.1, 0.15) is 37.2 Å². The zero-order chi connectivity index (χ0) is 22.8. The van der Waals surface area contributed by atoms with Crippen molar-refractivity contribution in [3.63, 3.8) is 0 Å². The molecule has 3 aliphatic rings. The van der Waals surface area contributed by atoms with Crippen LogP contribution < -0.4 is 20.9 Å². The van der Waals surface area contributed by atoms with E-state index in [1.165, 1.54) is 24.2 Å². The van der Waals surface area contributed by atoms with Crippen LogP contribution in [0, 0.1) is 0 Å². The Morgan fingerprint density at radius 2 is 1.30 bits per heavy atom. The van der Waals surface area contributed by atoms with Gasteiger partial charge in [-0.05, 0) is 61.2 Å². The van der Waals surface area contributed by atoms with Gasteiger partial charge in [0.25, 0.3) is 0 Å². The lowest BCUT2D eigenvalue weighted by Crippen LogP contribution is -2.53. The number of piperazine rings is 1. The molecule has 0 radical (unpaired) electrons. The molecule has 5 rings (SSSR count). The molecule has 3 saturated heterocycles. The Balaban J connectivity index is 1.11. The summed E-state index contributed by atoms with van der Waals surface area (Å²) in [5.74, 6) is -0.548. The number of carbonyl (C=O) groups is 2. The second-order valence-electron chi connectivity index (χ2n) is 9.43. The van der Waals surface area contributed by atoms with Crippen LogP contribution in [0.25, 0.3) is 0 Å². The van der Waals surface area contributed by atoms with E-state index in [1.807, 2.05) is 12.1 Å². The number of nitrogens with zero attached hydrogens (tertiary/aromatic N) is 3. The maximum absolute atomic E-state index is 12.1. The average Bonchev–Trinajstić information content (AvgIpc) is 2.85. The third-order valence-electron chi connectivity index (χ3n) is 7.45. The van der Waals surface area contributed by atoms with E-state index < -0.39 is 0 Å². The minimum atomic E-state index is -0.214. The van der Waals surface area contributed by atoms with E-state index in [0.29, 0.717) is 18.9 Å². The highest BCUT2D eigenvalue weighted by Crippen LogP contribution is 2.29. The number of anilines is 3. The number of hydrogen-bond donors (Lipinski definition) is 2. The molecular weight excluding hydrogens is 414 g/mol. The predicted molar refractivity (Wildman–Crippen MR) is 131 cm³/mol. The summed E-state index contributed by atoms with van der Waals surface area (Å²) < 4.78 is 0. The van der Waals surface area contributed by atoms with Gasteiger partial charge in [0.15, 0.2) is 0 Å². The van der Waals surface area contributed by atoms with E-state index in [2.05, 4.69) is 56.4 Å². The Labute approximate surface area is 195 Å². The standard InChI is InChI=1S/C26H33N5O2/c27-20-3-7-22(8-4-20)30-15-17-31(18-16-30)23-11-13-29(14-12-23)21-5-1-19(2-6-21)24-9-10-25(32)28-26(24)33/h1-8,23-24H,9-18,27H2,(H,28,32,33). The number of imide groups is 1. The molecule has 3 heterocycles. The summed E-state index contributed by atoms with van der Waals surface area (Å²) >= 11 is 0. The van der Waals surface area contributed by atoms with Crippen molar-refractivity contribution in [2.45, 2.75) is 37.6 Å². The van der Waals surface area contributed by atoms with Gasteiger partial charge in [0.1, 0.15) is 0 Å². The maximum atomic E-state index is 12.1. The van der Waals surface area contributed by atoms with Crippen molar-refractivity contribution in [2.24, 2.45) is 0 Å². The van der Waals surface area contributed by atoms with Crippen LogP contribution in [0.5, 0.6) is 0 Å². The first kappa shape index (κ1) is 21.8. The molecule has 1 unspecified atom stereocenters. The van der Waals surface area contributed by atoms with Crippen LogP contribution in [0.15, 0.2) is 48.5 Å². The third kappa shape index (κ3) is 4.83. The zero-order valence-electron chi connectivity index (χ0n) is 19.1. The van der Waals surface area contributed by atoms with Crippen molar-refractivity contribution < 1.29 is 9.59 Å². The zero-order valence-corrected chi connectivity index (χ0v) is 19.1. The average molecular weight is 448 g/mol. The van der Waals surface area contributed by atoms with Crippen LogP contribution in [0.4, 0.5) is 17.1 Å². The number of carbonyl (C=O) groups excluding carboxylic acids is 2. The highest BCUT2D eigenvalue weighted by Gasteiger charge is 2.29. The van der Waals surface area contributed by atoms with Gasteiger partial charge in [-0.3, -0.25) is 19.8 Å². The number of hydrogen-bond acceptors (Lipinski definition) is 6. The highest BCUT2D eigenvalue weighted by atomic mass is 16.2. The van der Waals surface area contributed by atoms with Gasteiger partial charge in [0.2, 0.25) is 11.8 Å². The largest absolute Gasteiger partial charge is 0.399 e. The maximum Gasteiger partial charge on any atom is 0.234 e. The molecular formula is C26H33N5O2. The lowest BCUT2D eigenvalue weighted by Gasteiger charge is -2.44. The molecule has 0 saturated carbocycles. The predicted octanol–water partition coefficient (Wildman–Crippen LogP) is 2.58. The molecule has 1 atom stereocenters. The van der Waals surface area contributed by atoms with Crippen molar-refractivity contribution in [3.8, 4) is 0 Å². The summed E-state index contributed by atoms with van der Waals surface area (Å²) in [6.45, 7) is 6.45. The molecule has 3 aliphatic heterocycles. The fourth-order valence-electron chi connectivity index (χ4n) is 5.45. The van der Waals surface area contributed by atoms with E-state index in [-0.39, 0.29) is 17.7 Å². The molecule has 7 heteroatoms. The molecule has 0 aromatic heterocycles. The monoisotopic (exact) mass is 447 g/mol. The normalized spacial score (nSPS) is 23.0. The van der Waals surface area contributed by atoms with E-state index in [4.69, 9.17) is 5.73 Å². The minimum absolute atomic E-state index is 0.164. The molecule has 2 aromatic carbocycles. The van der Waals surface area contributed by atoms with Gasteiger partial charge in [-0.15, -0.1) is 0 Å². The first-order valence-electron chi connectivity index (χ1n) is 12.1. The molecule has 33 heavy (non-hydrogen) atoms. The molecule has 2 amide bonds. The van der Waals surface area contributed by atoms with Crippen molar-refractivity contribution in [1.82, 2.24) is 10.2 Å². The summed E-state index contributed by atoms with van der Waals surface area (Å²) in [7, 11) is 0. The number of piperidine rings is 2. The van der Waals surface area contributed by atoms with Gasteiger partial charge in [-0.2, -0.15) is 0 Å². The first-order valence-corrected chi connectivity index (χ1v) is 12.1. The molecule has 0 bridgehead atoms. The van der Waals surface area contributed by atoms with Crippen molar-refractivity contribution in [3.05, 3.63) is 54.1 Å². The molecule has 7 nitrogen and oxygen atoms in total.